The predicted octanol–water partition coefficient (Wildman–Crippen LogP) is 2.73. The van der Waals surface area contributed by atoms with E-state index in [-0.39, 0.29) is 18.8 Å². The van der Waals surface area contributed by atoms with Crippen LogP contribution < -0.4 is 10.5 Å². The number of aliphatic hydroxyl groups excluding tert-OH is 1. The summed E-state index contributed by atoms with van der Waals surface area (Å²) >= 11 is 0. The maximum absolute atomic E-state index is 9.84. The fourth-order valence-corrected chi connectivity index (χ4v) is 4.98. The molecule has 208 valence electrons. The standard InChI is InChI=1S/C28H38N8O3/c1-6-38-27(29)22-9-10-25-31-12-21-11-30-24(15-36(21)25)26-19(4)33-34(5)28(26)39-18(3)13-35(20-7-8-20)14-23(22)32-17(2)16-37/h9-12,15,17-18,20,37H,6-8,13-14,16,29H2,1-5H3/b10-9+,27-22+,32-23?. The van der Waals surface area contributed by atoms with E-state index in [2.05, 4.69) is 21.9 Å². The van der Waals surface area contributed by atoms with Crippen LogP contribution in [0.15, 0.2) is 41.1 Å². The molecular formula is C28H38N8O3. The van der Waals surface area contributed by atoms with Crippen LogP contribution in [0.5, 0.6) is 5.88 Å². The number of aliphatic hydroxyl groups is 1. The Morgan fingerprint density at radius 2 is 2.05 bits per heavy atom. The summed E-state index contributed by atoms with van der Waals surface area (Å²) in [6.07, 6.45) is 11.4. The lowest BCUT2D eigenvalue weighted by Gasteiger charge is -2.27. The first-order chi connectivity index (χ1) is 18.8. The fraction of sp³-hybridized carbons (Fsp3) is 0.500. The summed E-state index contributed by atoms with van der Waals surface area (Å²) < 4.78 is 16.1. The number of fused-ring (bicyclic) bond motifs is 3. The average Bonchev–Trinajstić information content (AvgIpc) is 3.62. The van der Waals surface area contributed by atoms with Crippen LogP contribution in [0.1, 0.15) is 45.1 Å². The number of aromatic nitrogens is 5. The van der Waals surface area contributed by atoms with Crippen molar-refractivity contribution in [2.75, 3.05) is 26.3 Å². The molecule has 39 heavy (non-hydrogen) atoms. The van der Waals surface area contributed by atoms with Gasteiger partial charge in [0, 0.05) is 32.4 Å². The van der Waals surface area contributed by atoms with Crippen molar-refractivity contribution in [3.05, 3.63) is 47.6 Å². The molecule has 4 heterocycles. The number of hydrogen-bond donors (Lipinski definition) is 2. The molecule has 2 atom stereocenters. The predicted molar refractivity (Wildman–Crippen MR) is 150 cm³/mol. The summed E-state index contributed by atoms with van der Waals surface area (Å²) in [4.78, 5) is 16.6. The van der Waals surface area contributed by atoms with Crippen LogP contribution in [0, 0.1) is 6.92 Å². The molecule has 2 bridgehead atoms. The third-order valence-electron chi connectivity index (χ3n) is 7.00. The van der Waals surface area contributed by atoms with E-state index >= 15 is 0 Å². The van der Waals surface area contributed by atoms with Gasteiger partial charge >= 0.3 is 0 Å². The zero-order chi connectivity index (χ0) is 27.7. The van der Waals surface area contributed by atoms with E-state index in [1.54, 1.807) is 17.1 Å². The zero-order valence-corrected chi connectivity index (χ0v) is 23.3. The van der Waals surface area contributed by atoms with Crippen LogP contribution in [0.25, 0.3) is 22.9 Å². The van der Waals surface area contributed by atoms with Crippen LogP contribution in [0.4, 0.5) is 0 Å². The van der Waals surface area contributed by atoms with Gasteiger partial charge in [0.05, 0.1) is 65.4 Å². The first-order valence-corrected chi connectivity index (χ1v) is 13.5. The van der Waals surface area contributed by atoms with Gasteiger partial charge in [-0.25, -0.2) is 9.67 Å². The minimum absolute atomic E-state index is 0.0682. The summed E-state index contributed by atoms with van der Waals surface area (Å²) in [5.41, 5.74) is 11.2. The average molecular weight is 535 g/mol. The lowest BCUT2D eigenvalue weighted by molar-refractivity contribution is 0.142. The minimum atomic E-state index is -0.296. The second-order valence-corrected chi connectivity index (χ2v) is 10.3. The van der Waals surface area contributed by atoms with Crippen molar-refractivity contribution < 1.29 is 14.6 Å². The number of imidazole rings is 1. The molecule has 3 N–H and O–H groups in total. The van der Waals surface area contributed by atoms with Crippen molar-refractivity contribution in [1.82, 2.24) is 29.0 Å². The van der Waals surface area contributed by atoms with Crippen LogP contribution in [0.2, 0.25) is 0 Å². The van der Waals surface area contributed by atoms with Crippen molar-refractivity contribution in [2.45, 2.75) is 58.7 Å². The Balaban J connectivity index is 1.70. The lowest BCUT2D eigenvalue weighted by atomic mass is 10.1. The van der Waals surface area contributed by atoms with Crippen molar-refractivity contribution >= 4 is 17.3 Å². The number of aliphatic imine (C=N–C) groups is 1. The van der Waals surface area contributed by atoms with Gasteiger partial charge in [0.1, 0.15) is 11.9 Å². The summed E-state index contributed by atoms with van der Waals surface area (Å²) in [6, 6.07) is 0.131. The molecule has 0 amide bonds. The van der Waals surface area contributed by atoms with Crippen molar-refractivity contribution in [3.8, 4) is 17.1 Å². The third kappa shape index (κ3) is 5.69. The van der Waals surface area contributed by atoms with E-state index in [0.29, 0.717) is 48.9 Å². The largest absolute Gasteiger partial charge is 0.479 e. The maximum atomic E-state index is 9.84. The first kappa shape index (κ1) is 26.9. The number of nitrogens with zero attached hydrogens (tertiary/aromatic N) is 7. The molecule has 3 aromatic rings. The highest BCUT2D eigenvalue weighted by atomic mass is 16.5. The van der Waals surface area contributed by atoms with E-state index in [1.807, 2.05) is 50.6 Å². The van der Waals surface area contributed by atoms with Gasteiger partial charge in [-0.1, -0.05) is 0 Å². The molecule has 0 aromatic carbocycles. The minimum Gasteiger partial charge on any atom is -0.479 e. The Morgan fingerprint density at radius 3 is 2.77 bits per heavy atom. The number of hydrogen-bond acceptors (Lipinski definition) is 9. The Kier molecular flexibility index (Phi) is 7.72. The molecule has 11 nitrogen and oxygen atoms in total. The third-order valence-corrected chi connectivity index (χ3v) is 7.00. The van der Waals surface area contributed by atoms with Gasteiger partial charge in [-0.05, 0) is 52.7 Å². The normalized spacial score (nSPS) is 22.7. The summed E-state index contributed by atoms with van der Waals surface area (Å²) in [5, 5.41) is 14.5. The number of ether oxygens (including phenoxy) is 2. The molecule has 2 aliphatic rings. The van der Waals surface area contributed by atoms with Gasteiger partial charge < -0.3 is 20.3 Å². The molecule has 11 heteroatoms. The highest BCUT2D eigenvalue weighted by Crippen LogP contribution is 2.34. The smallest absolute Gasteiger partial charge is 0.221 e. The second-order valence-electron chi connectivity index (χ2n) is 10.3. The monoisotopic (exact) mass is 534 g/mol. The van der Waals surface area contributed by atoms with E-state index in [0.717, 1.165) is 41.0 Å². The fourth-order valence-electron chi connectivity index (χ4n) is 4.98. The molecule has 1 saturated carbocycles. The van der Waals surface area contributed by atoms with Gasteiger partial charge in [-0.15, -0.1) is 0 Å². The first-order valence-electron chi connectivity index (χ1n) is 13.5. The zero-order valence-electron chi connectivity index (χ0n) is 23.3. The lowest BCUT2D eigenvalue weighted by Crippen LogP contribution is -2.40. The van der Waals surface area contributed by atoms with E-state index in [1.165, 1.54) is 0 Å². The Labute approximate surface area is 228 Å². The molecule has 3 aromatic heterocycles. The molecule has 1 fully saturated rings. The van der Waals surface area contributed by atoms with Gasteiger partial charge in [0.2, 0.25) is 5.88 Å². The molecule has 5 rings (SSSR count). The highest BCUT2D eigenvalue weighted by Gasteiger charge is 2.33. The Morgan fingerprint density at radius 1 is 1.28 bits per heavy atom. The second kappa shape index (κ2) is 11.2. The number of allylic oxidation sites excluding steroid dienone is 1. The molecule has 0 radical (unpaired) electrons. The van der Waals surface area contributed by atoms with Gasteiger partial charge in [0.25, 0.3) is 0 Å². The summed E-state index contributed by atoms with van der Waals surface area (Å²) in [6.45, 7) is 9.41. The summed E-state index contributed by atoms with van der Waals surface area (Å²) in [7, 11) is 1.89. The number of rotatable bonds is 5. The van der Waals surface area contributed by atoms with Crippen LogP contribution in [-0.4, -0.2) is 84.4 Å². The molecular weight excluding hydrogens is 496 g/mol. The van der Waals surface area contributed by atoms with Gasteiger partial charge in [0.15, 0.2) is 5.88 Å². The van der Waals surface area contributed by atoms with E-state index in [9.17, 15) is 5.11 Å². The molecule has 0 saturated heterocycles. The van der Waals surface area contributed by atoms with Crippen LogP contribution in [-0.2, 0) is 11.8 Å². The van der Waals surface area contributed by atoms with Crippen molar-refractivity contribution in [1.29, 1.82) is 0 Å². The highest BCUT2D eigenvalue weighted by molar-refractivity contribution is 6.05. The van der Waals surface area contributed by atoms with Crippen LogP contribution in [0.3, 0.4) is 0 Å². The quantitative estimate of drug-likeness (QED) is 0.478. The maximum Gasteiger partial charge on any atom is 0.221 e. The molecule has 0 spiro atoms. The number of aryl methyl sites for hydroxylation is 2. The van der Waals surface area contributed by atoms with Crippen molar-refractivity contribution in [3.63, 3.8) is 0 Å². The van der Waals surface area contributed by atoms with E-state index in [4.69, 9.17) is 25.2 Å². The molecule has 1 aliphatic carbocycles. The Hall–Kier alpha value is -3.70. The topological polar surface area (TPSA) is 128 Å². The summed E-state index contributed by atoms with van der Waals surface area (Å²) in [5.74, 6) is 1.68. The Bertz CT molecular complexity index is 1430. The molecule has 2 unspecified atom stereocenters. The SMILES string of the molecule is CCO/C(N)=C1\C=C\c2ncc3cnc(cn23)-c2c(C)nn(C)c2OC(C)CN(C2CC2)CC1=NC(C)CO. The van der Waals surface area contributed by atoms with Crippen LogP contribution >= 0.6 is 0 Å². The van der Waals surface area contributed by atoms with E-state index < -0.39 is 0 Å². The number of nitrogens with two attached hydrogens (primary N) is 1. The molecule has 1 aliphatic heterocycles. The van der Waals surface area contributed by atoms with Gasteiger partial charge in [-0.2, -0.15) is 5.10 Å². The van der Waals surface area contributed by atoms with Gasteiger partial charge in [-0.3, -0.25) is 19.3 Å². The van der Waals surface area contributed by atoms with Crippen molar-refractivity contribution in [2.24, 2.45) is 17.8 Å².